The molecule has 1 saturated heterocycles. The van der Waals surface area contributed by atoms with Gasteiger partial charge in [0.05, 0.1) is 13.2 Å². The van der Waals surface area contributed by atoms with Gasteiger partial charge >= 0.3 is 0 Å². The number of aryl methyl sites for hydroxylation is 1. The second kappa shape index (κ2) is 6.93. The van der Waals surface area contributed by atoms with Gasteiger partial charge in [-0.1, -0.05) is 35.9 Å². The topological polar surface area (TPSA) is 46.3 Å². The second-order valence-corrected chi connectivity index (χ2v) is 9.90. The number of hydrogen-bond acceptors (Lipinski definition) is 4. The number of aromatic nitrogens is 1. The van der Waals surface area contributed by atoms with Crippen LogP contribution in [-0.2, 0) is 20.9 Å². The summed E-state index contributed by atoms with van der Waals surface area (Å²) in [5.74, 6) is -0.193. The van der Waals surface area contributed by atoms with Gasteiger partial charge in [0, 0.05) is 28.4 Å². The summed E-state index contributed by atoms with van der Waals surface area (Å²) in [6.45, 7) is 0.904. The fourth-order valence-corrected chi connectivity index (χ4v) is 6.03. The first-order valence-electron chi connectivity index (χ1n) is 8.44. The van der Waals surface area contributed by atoms with Gasteiger partial charge < -0.3 is 19.3 Å². The molecule has 1 aliphatic rings. The predicted octanol–water partition coefficient (Wildman–Crippen LogP) is 5.33. The Morgan fingerprint density at radius 3 is 2.56 bits per heavy atom. The SMILES string of the molecule is Cc1ccc(NC(c2c[nH]c3ccccc23)P2(=S)OCCCO2)cc1. The summed E-state index contributed by atoms with van der Waals surface area (Å²) in [5, 5.41) is 4.73. The molecule has 0 saturated carbocycles. The third kappa shape index (κ3) is 3.38. The molecule has 1 atom stereocenters. The van der Waals surface area contributed by atoms with E-state index in [1.54, 1.807) is 0 Å². The molecule has 3 aromatic rings. The maximum atomic E-state index is 6.02. The summed E-state index contributed by atoms with van der Waals surface area (Å²) >= 11 is 5.90. The third-order valence-electron chi connectivity index (χ3n) is 4.42. The van der Waals surface area contributed by atoms with Crippen molar-refractivity contribution in [2.75, 3.05) is 18.5 Å². The number of rotatable bonds is 4. The Morgan fingerprint density at radius 1 is 1.08 bits per heavy atom. The number of para-hydroxylation sites is 1. The van der Waals surface area contributed by atoms with Crippen molar-refractivity contribution < 1.29 is 9.05 Å². The molecule has 1 aromatic heterocycles. The predicted molar refractivity (Wildman–Crippen MR) is 107 cm³/mol. The highest BCUT2D eigenvalue weighted by Crippen LogP contribution is 2.63. The molecule has 1 aliphatic heterocycles. The fraction of sp³-hybridized carbons (Fsp3) is 0.263. The molecular weight excluding hydrogens is 351 g/mol. The molecule has 4 nitrogen and oxygen atoms in total. The first kappa shape index (κ1) is 16.8. The lowest BCUT2D eigenvalue weighted by Crippen LogP contribution is -2.19. The molecule has 1 fully saturated rings. The summed E-state index contributed by atoms with van der Waals surface area (Å²) in [6, 6.07) is 16.6. The van der Waals surface area contributed by atoms with E-state index in [4.69, 9.17) is 20.9 Å². The normalized spacial score (nSPS) is 18.1. The number of aromatic amines is 1. The van der Waals surface area contributed by atoms with Gasteiger partial charge in [-0.05, 0) is 43.4 Å². The van der Waals surface area contributed by atoms with Crippen molar-refractivity contribution >= 4 is 34.9 Å². The van der Waals surface area contributed by atoms with E-state index >= 15 is 0 Å². The van der Waals surface area contributed by atoms with Crippen LogP contribution in [-0.4, -0.2) is 18.2 Å². The zero-order chi connectivity index (χ0) is 17.3. The van der Waals surface area contributed by atoms with E-state index in [1.807, 2.05) is 18.3 Å². The average molecular weight is 372 g/mol. The van der Waals surface area contributed by atoms with E-state index < -0.39 is 6.49 Å². The van der Waals surface area contributed by atoms with E-state index in [9.17, 15) is 0 Å². The Kier molecular flexibility index (Phi) is 4.65. The van der Waals surface area contributed by atoms with Crippen LogP contribution in [0.5, 0.6) is 0 Å². The van der Waals surface area contributed by atoms with Gasteiger partial charge in [-0.2, -0.15) is 0 Å². The number of benzene rings is 2. The highest BCUT2D eigenvalue weighted by Gasteiger charge is 2.36. The van der Waals surface area contributed by atoms with E-state index in [1.165, 1.54) is 5.56 Å². The first-order chi connectivity index (χ1) is 12.2. The lowest BCUT2D eigenvalue weighted by Gasteiger charge is -2.34. The molecule has 130 valence electrons. The van der Waals surface area contributed by atoms with Crippen LogP contribution in [0.3, 0.4) is 0 Å². The molecule has 0 bridgehead atoms. The van der Waals surface area contributed by atoms with Crippen molar-refractivity contribution in [3.8, 4) is 0 Å². The molecule has 0 radical (unpaired) electrons. The summed E-state index contributed by atoms with van der Waals surface area (Å²) < 4.78 is 12.0. The van der Waals surface area contributed by atoms with Crippen LogP contribution in [0.25, 0.3) is 10.9 Å². The van der Waals surface area contributed by atoms with Crippen LogP contribution in [0.2, 0.25) is 0 Å². The van der Waals surface area contributed by atoms with E-state index in [0.29, 0.717) is 13.2 Å². The monoisotopic (exact) mass is 372 g/mol. The van der Waals surface area contributed by atoms with Crippen molar-refractivity contribution in [3.63, 3.8) is 0 Å². The van der Waals surface area contributed by atoms with Crippen LogP contribution in [0.4, 0.5) is 5.69 Å². The molecule has 4 rings (SSSR count). The molecule has 1 unspecified atom stereocenters. The van der Waals surface area contributed by atoms with Gasteiger partial charge in [-0.25, -0.2) is 0 Å². The fourth-order valence-electron chi connectivity index (χ4n) is 3.08. The number of anilines is 1. The van der Waals surface area contributed by atoms with E-state index in [0.717, 1.165) is 28.6 Å². The minimum absolute atomic E-state index is 0.193. The quantitative estimate of drug-likeness (QED) is 0.608. The minimum atomic E-state index is -2.49. The van der Waals surface area contributed by atoms with Gasteiger partial charge in [0.25, 0.3) is 0 Å². The van der Waals surface area contributed by atoms with Crippen molar-refractivity contribution in [2.24, 2.45) is 0 Å². The summed E-state index contributed by atoms with van der Waals surface area (Å²) in [6.07, 6.45) is 2.91. The molecule has 25 heavy (non-hydrogen) atoms. The second-order valence-electron chi connectivity index (χ2n) is 6.26. The van der Waals surface area contributed by atoms with Gasteiger partial charge in [0.15, 0.2) is 0 Å². The van der Waals surface area contributed by atoms with Crippen molar-refractivity contribution in [1.29, 1.82) is 0 Å². The van der Waals surface area contributed by atoms with Crippen LogP contribution in [0.15, 0.2) is 54.7 Å². The van der Waals surface area contributed by atoms with E-state index in [-0.39, 0.29) is 5.78 Å². The highest BCUT2D eigenvalue weighted by atomic mass is 32.5. The number of hydrogen-bond donors (Lipinski definition) is 2. The van der Waals surface area contributed by atoms with Crippen LogP contribution >= 0.6 is 6.49 Å². The van der Waals surface area contributed by atoms with Gasteiger partial charge in [-0.15, -0.1) is 0 Å². The molecule has 0 amide bonds. The zero-order valence-electron chi connectivity index (χ0n) is 14.1. The van der Waals surface area contributed by atoms with Crippen LogP contribution in [0.1, 0.15) is 23.3 Å². The molecule has 0 aliphatic carbocycles. The number of fused-ring (bicyclic) bond motifs is 1. The third-order valence-corrected chi connectivity index (χ3v) is 7.81. The minimum Gasteiger partial charge on any atom is -0.370 e. The largest absolute Gasteiger partial charge is 0.370 e. The molecule has 2 heterocycles. The van der Waals surface area contributed by atoms with Crippen molar-refractivity contribution in [2.45, 2.75) is 19.1 Å². The maximum absolute atomic E-state index is 6.02. The molecule has 0 spiro atoms. The molecule has 2 N–H and O–H groups in total. The number of H-pyrrole nitrogens is 1. The summed E-state index contributed by atoms with van der Waals surface area (Å²) in [7, 11) is 0. The Labute approximate surface area is 152 Å². The Hall–Kier alpha value is -1.65. The summed E-state index contributed by atoms with van der Waals surface area (Å²) in [4.78, 5) is 3.34. The molecular formula is C19H21N2O2PS. The Bertz CT molecular complexity index is 913. The maximum Gasteiger partial charge on any atom is 0.215 e. The smallest absolute Gasteiger partial charge is 0.215 e. The average Bonchev–Trinajstić information content (AvgIpc) is 3.05. The zero-order valence-corrected chi connectivity index (χ0v) is 15.8. The lowest BCUT2D eigenvalue weighted by atomic mass is 10.1. The van der Waals surface area contributed by atoms with Crippen molar-refractivity contribution in [3.05, 3.63) is 65.9 Å². The van der Waals surface area contributed by atoms with Gasteiger partial charge in [-0.3, -0.25) is 0 Å². The van der Waals surface area contributed by atoms with Crippen LogP contribution < -0.4 is 5.32 Å². The number of nitrogens with one attached hydrogen (secondary N) is 2. The standard InChI is InChI=1S/C19H21N2O2PS/c1-14-7-9-15(10-8-14)21-19(24(25)22-11-4-12-23-24)17-13-20-18-6-3-2-5-16(17)18/h2-3,5-10,13,19-21H,4,11-12H2,1H3. The van der Waals surface area contributed by atoms with Crippen molar-refractivity contribution in [1.82, 2.24) is 4.98 Å². The first-order valence-corrected chi connectivity index (χ1v) is 11.1. The van der Waals surface area contributed by atoms with Gasteiger partial charge in [0.1, 0.15) is 5.78 Å². The Morgan fingerprint density at radius 2 is 1.80 bits per heavy atom. The summed E-state index contributed by atoms with van der Waals surface area (Å²) in [5.41, 5.74) is 4.43. The van der Waals surface area contributed by atoms with Crippen LogP contribution in [0, 0.1) is 6.92 Å². The lowest BCUT2D eigenvalue weighted by molar-refractivity contribution is 0.175. The highest BCUT2D eigenvalue weighted by molar-refractivity contribution is 8.10. The molecule has 2 aromatic carbocycles. The van der Waals surface area contributed by atoms with E-state index in [2.05, 4.69) is 53.6 Å². The Balaban J connectivity index is 1.77. The molecule has 6 heteroatoms. The van der Waals surface area contributed by atoms with Gasteiger partial charge in [0.2, 0.25) is 6.49 Å².